The van der Waals surface area contributed by atoms with Gasteiger partial charge in [0.1, 0.15) is 0 Å². The zero-order valence-corrected chi connectivity index (χ0v) is 13.5. The van der Waals surface area contributed by atoms with Crippen LogP contribution in [0.15, 0.2) is 58.0 Å². The van der Waals surface area contributed by atoms with Crippen LogP contribution in [0.4, 0.5) is 0 Å². The molecule has 1 aromatic carbocycles. The molecule has 3 rings (SSSR count). The summed E-state index contributed by atoms with van der Waals surface area (Å²) in [5, 5.41) is 0. The predicted molar refractivity (Wildman–Crippen MR) is 85.8 cm³/mol. The first-order chi connectivity index (χ1) is 11.1. The molecule has 0 spiro atoms. The highest BCUT2D eigenvalue weighted by Crippen LogP contribution is 2.23. The quantitative estimate of drug-likeness (QED) is 0.862. The van der Waals surface area contributed by atoms with Crippen molar-refractivity contribution in [2.24, 2.45) is 5.92 Å². The Morgan fingerprint density at radius 3 is 2.65 bits per heavy atom. The first-order valence-corrected chi connectivity index (χ1v) is 9.32. The van der Waals surface area contributed by atoms with Gasteiger partial charge < -0.3 is 9.32 Å². The van der Waals surface area contributed by atoms with Crippen LogP contribution in [0.25, 0.3) is 0 Å². The number of amides is 1. The molecule has 2 heterocycles. The van der Waals surface area contributed by atoms with Crippen LogP contribution in [-0.2, 0) is 9.84 Å². The Bertz CT molecular complexity index is 753. The molecule has 1 unspecified atom stereocenters. The average Bonchev–Trinajstić information content (AvgIpc) is 3.09. The Morgan fingerprint density at radius 1 is 1.17 bits per heavy atom. The van der Waals surface area contributed by atoms with Gasteiger partial charge in [0.05, 0.1) is 16.9 Å². The van der Waals surface area contributed by atoms with Gasteiger partial charge in [0.15, 0.2) is 15.6 Å². The molecule has 23 heavy (non-hydrogen) atoms. The Balaban J connectivity index is 1.68. The third kappa shape index (κ3) is 3.64. The molecule has 1 aliphatic rings. The van der Waals surface area contributed by atoms with Crippen LogP contribution in [0.2, 0.25) is 0 Å². The number of rotatable bonds is 4. The average molecular weight is 333 g/mol. The number of furan rings is 1. The third-order valence-electron chi connectivity index (χ3n) is 4.10. The van der Waals surface area contributed by atoms with Crippen molar-refractivity contribution < 1.29 is 17.6 Å². The fourth-order valence-electron chi connectivity index (χ4n) is 2.98. The molecule has 1 aliphatic heterocycles. The number of nitrogens with zero attached hydrogens (tertiary/aromatic N) is 1. The van der Waals surface area contributed by atoms with Gasteiger partial charge in [-0.25, -0.2) is 8.42 Å². The minimum atomic E-state index is -3.32. The molecule has 122 valence electrons. The molecule has 1 atom stereocenters. The van der Waals surface area contributed by atoms with Gasteiger partial charge in [-0.1, -0.05) is 18.2 Å². The van der Waals surface area contributed by atoms with Gasteiger partial charge in [0, 0.05) is 13.1 Å². The Morgan fingerprint density at radius 2 is 1.96 bits per heavy atom. The SMILES string of the molecule is O=C(c1ccco1)N1CCCC(CS(=O)(=O)c2ccccc2)C1. The molecular formula is C17H19NO4S. The van der Waals surface area contributed by atoms with Gasteiger partial charge in [-0.2, -0.15) is 0 Å². The summed E-state index contributed by atoms with van der Waals surface area (Å²) in [5.74, 6) is 0.153. The Labute approximate surface area is 135 Å². The zero-order chi connectivity index (χ0) is 16.3. The molecule has 5 nitrogen and oxygen atoms in total. The van der Waals surface area contributed by atoms with Gasteiger partial charge in [-0.3, -0.25) is 4.79 Å². The number of sulfone groups is 1. The molecule has 1 aromatic heterocycles. The second-order valence-electron chi connectivity index (χ2n) is 5.83. The van der Waals surface area contributed by atoms with E-state index in [4.69, 9.17) is 4.42 Å². The highest BCUT2D eigenvalue weighted by atomic mass is 32.2. The summed E-state index contributed by atoms with van der Waals surface area (Å²) in [7, 11) is -3.32. The van der Waals surface area contributed by atoms with Gasteiger partial charge in [-0.05, 0) is 43.0 Å². The van der Waals surface area contributed by atoms with Crippen LogP contribution in [0.1, 0.15) is 23.4 Å². The summed E-state index contributed by atoms with van der Waals surface area (Å²) in [6.45, 7) is 1.09. The number of likely N-dealkylation sites (tertiary alicyclic amines) is 1. The minimum Gasteiger partial charge on any atom is -0.459 e. The van der Waals surface area contributed by atoms with Crippen LogP contribution in [0.5, 0.6) is 0 Å². The lowest BCUT2D eigenvalue weighted by molar-refractivity contribution is 0.0652. The van der Waals surface area contributed by atoms with E-state index < -0.39 is 9.84 Å². The Kier molecular flexibility index (Phi) is 4.52. The molecule has 2 aromatic rings. The van der Waals surface area contributed by atoms with Crippen molar-refractivity contribution in [3.05, 3.63) is 54.5 Å². The van der Waals surface area contributed by atoms with E-state index in [1.54, 1.807) is 47.4 Å². The van der Waals surface area contributed by atoms with Crippen molar-refractivity contribution in [1.29, 1.82) is 0 Å². The summed E-state index contributed by atoms with van der Waals surface area (Å²) in [6.07, 6.45) is 3.09. The number of hydrogen-bond donors (Lipinski definition) is 0. The topological polar surface area (TPSA) is 67.6 Å². The van der Waals surface area contributed by atoms with E-state index in [1.165, 1.54) is 6.26 Å². The molecule has 0 radical (unpaired) electrons. The number of carbonyl (C=O) groups is 1. The maximum atomic E-state index is 12.5. The van der Waals surface area contributed by atoms with Crippen LogP contribution in [0.3, 0.4) is 0 Å². The molecule has 1 saturated heterocycles. The summed E-state index contributed by atoms with van der Waals surface area (Å²) in [5.41, 5.74) is 0. The van der Waals surface area contributed by atoms with Crippen molar-refractivity contribution in [2.75, 3.05) is 18.8 Å². The minimum absolute atomic E-state index is 0.0483. The highest BCUT2D eigenvalue weighted by Gasteiger charge is 2.29. The lowest BCUT2D eigenvalue weighted by atomic mass is 10.00. The van der Waals surface area contributed by atoms with Crippen LogP contribution >= 0.6 is 0 Å². The van der Waals surface area contributed by atoms with E-state index in [0.29, 0.717) is 23.7 Å². The van der Waals surface area contributed by atoms with Crippen LogP contribution in [-0.4, -0.2) is 38.1 Å². The smallest absolute Gasteiger partial charge is 0.289 e. The molecular weight excluding hydrogens is 314 g/mol. The number of carbonyl (C=O) groups excluding carboxylic acids is 1. The van der Waals surface area contributed by atoms with Crippen LogP contribution in [0, 0.1) is 5.92 Å². The fraction of sp³-hybridized carbons (Fsp3) is 0.353. The molecule has 0 N–H and O–H groups in total. The summed E-state index contributed by atoms with van der Waals surface area (Å²) < 4.78 is 30.1. The molecule has 1 amide bonds. The normalized spacial score (nSPS) is 18.8. The first-order valence-electron chi connectivity index (χ1n) is 7.67. The lowest BCUT2D eigenvalue weighted by Gasteiger charge is -2.32. The van der Waals surface area contributed by atoms with Gasteiger partial charge in [0.25, 0.3) is 5.91 Å². The van der Waals surface area contributed by atoms with Crippen LogP contribution < -0.4 is 0 Å². The molecule has 6 heteroatoms. The van der Waals surface area contributed by atoms with Crippen molar-refractivity contribution >= 4 is 15.7 Å². The standard InChI is InChI=1S/C17H19NO4S/c19-17(16-9-5-11-22-16)18-10-4-6-14(12-18)13-23(20,21)15-7-2-1-3-8-15/h1-3,5,7-9,11,14H,4,6,10,12-13H2. The third-order valence-corrected chi connectivity index (χ3v) is 6.00. The maximum Gasteiger partial charge on any atom is 0.289 e. The maximum absolute atomic E-state index is 12.5. The number of benzene rings is 1. The monoisotopic (exact) mass is 333 g/mol. The van der Waals surface area contributed by atoms with Crippen molar-refractivity contribution in [3.63, 3.8) is 0 Å². The van der Waals surface area contributed by atoms with Gasteiger partial charge >= 0.3 is 0 Å². The first kappa shape index (κ1) is 15.8. The fourth-order valence-corrected chi connectivity index (χ4v) is 4.63. The highest BCUT2D eigenvalue weighted by molar-refractivity contribution is 7.91. The van der Waals surface area contributed by atoms with Crippen molar-refractivity contribution in [2.45, 2.75) is 17.7 Å². The van der Waals surface area contributed by atoms with E-state index in [2.05, 4.69) is 0 Å². The van der Waals surface area contributed by atoms with E-state index in [1.807, 2.05) is 0 Å². The lowest BCUT2D eigenvalue weighted by Crippen LogP contribution is -2.41. The van der Waals surface area contributed by atoms with E-state index >= 15 is 0 Å². The van der Waals surface area contributed by atoms with Crippen molar-refractivity contribution in [1.82, 2.24) is 4.90 Å². The van der Waals surface area contributed by atoms with Gasteiger partial charge in [0.2, 0.25) is 0 Å². The zero-order valence-electron chi connectivity index (χ0n) is 12.7. The van der Waals surface area contributed by atoms with E-state index in [0.717, 1.165) is 12.8 Å². The predicted octanol–water partition coefficient (Wildman–Crippen LogP) is 2.61. The second-order valence-corrected chi connectivity index (χ2v) is 7.87. The van der Waals surface area contributed by atoms with Crippen molar-refractivity contribution in [3.8, 4) is 0 Å². The molecule has 0 aliphatic carbocycles. The van der Waals surface area contributed by atoms with E-state index in [-0.39, 0.29) is 17.6 Å². The largest absolute Gasteiger partial charge is 0.459 e. The summed E-state index contributed by atoms with van der Waals surface area (Å²) >= 11 is 0. The van der Waals surface area contributed by atoms with E-state index in [9.17, 15) is 13.2 Å². The number of hydrogen-bond acceptors (Lipinski definition) is 4. The molecule has 1 fully saturated rings. The summed E-state index contributed by atoms with van der Waals surface area (Å²) in [4.78, 5) is 14.4. The van der Waals surface area contributed by atoms with Gasteiger partial charge in [-0.15, -0.1) is 0 Å². The second kappa shape index (κ2) is 6.58. The molecule has 0 bridgehead atoms. The Hall–Kier alpha value is -2.08. The summed E-state index contributed by atoms with van der Waals surface area (Å²) in [6, 6.07) is 11.8. The number of piperidine rings is 1. The molecule has 0 saturated carbocycles.